The minimum Gasteiger partial charge on any atom is -0.506 e. The number of hydrogen-bond acceptors (Lipinski definition) is 3. The maximum Gasteiger partial charge on any atom is 0.216 e. The minimum absolute atomic E-state index is 0.187. The highest BCUT2D eigenvalue weighted by Gasteiger charge is 2.14. The summed E-state index contributed by atoms with van der Waals surface area (Å²) in [6, 6.07) is 3.56. The average Bonchev–Trinajstić information content (AvgIpc) is 2.66. The van der Waals surface area contributed by atoms with Crippen LogP contribution in [0.25, 0.3) is 0 Å². The molecule has 0 saturated carbocycles. The van der Waals surface area contributed by atoms with Gasteiger partial charge in [-0.2, -0.15) is 0 Å². The quantitative estimate of drug-likeness (QED) is 0.864. The maximum absolute atomic E-state index is 9.50. The monoisotopic (exact) mass is 319 g/mol. The molecule has 1 aromatic carbocycles. The van der Waals surface area contributed by atoms with Crippen molar-refractivity contribution >= 4 is 37.8 Å². The van der Waals surface area contributed by atoms with Gasteiger partial charge in [-0.15, -0.1) is 0 Å². The molecule has 1 aliphatic rings. The second-order valence-corrected chi connectivity index (χ2v) is 4.53. The SMILES string of the molecule is Oc1c(Br)cc(C2=NCCO2)cc1Br. The Morgan fingerprint density at radius 2 is 1.93 bits per heavy atom. The molecule has 0 spiro atoms. The van der Waals surface area contributed by atoms with E-state index in [1.807, 2.05) is 0 Å². The zero-order valence-corrected chi connectivity index (χ0v) is 10.3. The Balaban J connectivity index is 2.45. The van der Waals surface area contributed by atoms with Crippen LogP contribution in [0.4, 0.5) is 0 Å². The third-order valence-corrected chi connectivity index (χ3v) is 3.06. The summed E-state index contributed by atoms with van der Waals surface area (Å²) >= 11 is 6.51. The van der Waals surface area contributed by atoms with Gasteiger partial charge in [0.15, 0.2) is 0 Å². The molecule has 74 valence electrons. The van der Waals surface area contributed by atoms with E-state index in [4.69, 9.17) is 4.74 Å². The van der Waals surface area contributed by atoms with Crippen LogP contribution in [0.3, 0.4) is 0 Å². The van der Waals surface area contributed by atoms with Crippen molar-refractivity contribution in [3.63, 3.8) is 0 Å². The van der Waals surface area contributed by atoms with Gasteiger partial charge in [-0.25, -0.2) is 4.99 Å². The molecule has 0 unspecified atom stereocenters. The summed E-state index contributed by atoms with van der Waals surface area (Å²) in [5.74, 6) is 0.818. The van der Waals surface area contributed by atoms with E-state index in [2.05, 4.69) is 36.9 Å². The summed E-state index contributed by atoms with van der Waals surface area (Å²) in [4.78, 5) is 4.19. The fourth-order valence-electron chi connectivity index (χ4n) is 1.20. The van der Waals surface area contributed by atoms with E-state index in [9.17, 15) is 5.11 Å². The van der Waals surface area contributed by atoms with Gasteiger partial charge in [0.2, 0.25) is 5.90 Å². The molecular weight excluding hydrogens is 314 g/mol. The summed E-state index contributed by atoms with van der Waals surface area (Å²) in [6.07, 6.45) is 0. The van der Waals surface area contributed by atoms with Gasteiger partial charge >= 0.3 is 0 Å². The van der Waals surface area contributed by atoms with Crippen molar-refractivity contribution in [2.24, 2.45) is 4.99 Å². The molecule has 0 aromatic heterocycles. The third-order valence-electron chi connectivity index (χ3n) is 1.85. The molecule has 0 amide bonds. The van der Waals surface area contributed by atoms with E-state index in [-0.39, 0.29) is 5.75 Å². The molecule has 0 aliphatic carbocycles. The topological polar surface area (TPSA) is 41.8 Å². The lowest BCUT2D eigenvalue weighted by Gasteiger charge is -2.05. The molecule has 0 radical (unpaired) electrons. The normalized spacial score (nSPS) is 15.1. The number of phenols is 1. The Hall–Kier alpha value is -0.550. The molecular formula is C9H7Br2NO2. The average molecular weight is 321 g/mol. The second-order valence-electron chi connectivity index (χ2n) is 2.82. The van der Waals surface area contributed by atoms with E-state index in [0.717, 1.165) is 5.56 Å². The zero-order valence-electron chi connectivity index (χ0n) is 7.13. The highest BCUT2D eigenvalue weighted by molar-refractivity contribution is 9.11. The van der Waals surface area contributed by atoms with Crippen LogP contribution in [0.15, 0.2) is 26.1 Å². The first-order chi connectivity index (χ1) is 6.68. The summed E-state index contributed by atoms with van der Waals surface area (Å²) in [5, 5.41) is 9.50. The van der Waals surface area contributed by atoms with Gasteiger partial charge in [0.1, 0.15) is 12.4 Å². The number of hydrogen-bond donors (Lipinski definition) is 1. The largest absolute Gasteiger partial charge is 0.506 e. The fourth-order valence-corrected chi connectivity index (χ4v) is 2.39. The van der Waals surface area contributed by atoms with Crippen LogP contribution in [0, 0.1) is 0 Å². The Morgan fingerprint density at radius 3 is 2.43 bits per heavy atom. The van der Waals surface area contributed by atoms with E-state index in [0.29, 0.717) is 28.0 Å². The van der Waals surface area contributed by atoms with Crippen molar-refractivity contribution in [2.45, 2.75) is 0 Å². The summed E-state index contributed by atoms with van der Waals surface area (Å²) < 4.78 is 6.57. The molecule has 0 saturated heterocycles. The first-order valence-corrected chi connectivity index (χ1v) is 5.62. The van der Waals surface area contributed by atoms with Crippen molar-refractivity contribution in [2.75, 3.05) is 13.2 Å². The Kier molecular flexibility index (Phi) is 2.78. The number of aliphatic imine (C=N–C) groups is 1. The van der Waals surface area contributed by atoms with Gasteiger partial charge < -0.3 is 9.84 Å². The lowest BCUT2D eigenvalue weighted by molar-refractivity contribution is 0.348. The molecule has 1 heterocycles. The van der Waals surface area contributed by atoms with Gasteiger partial charge in [0.05, 0.1) is 15.5 Å². The Morgan fingerprint density at radius 1 is 1.29 bits per heavy atom. The highest BCUT2D eigenvalue weighted by atomic mass is 79.9. The summed E-state index contributed by atoms with van der Waals surface area (Å²) in [7, 11) is 0. The minimum atomic E-state index is 0.187. The number of halogens is 2. The van der Waals surface area contributed by atoms with Crippen molar-refractivity contribution in [3.8, 4) is 5.75 Å². The predicted octanol–water partition coefficient (Wildman–Crippen LogP) is 2.69. The van der Waals surface area contributed by atoms with E-state index >= 15 is 0 Å². The van der Waals surface area contributed by atoms with Crippen molar-refractivity contribution in [3.05, 3.63) is 26.6 Å². The van der Waals surface area contributed by atoms with Crippen LogP contribution in [0.5, 0.6) is 5.75 Å². The predicted molar refractivity (Wildman–Crippen MR) is 60.9 cm³/mol. The van der Waals surface area contributed by atoms with Crippen LogP contribution >= 0.6 is 31.9 Å². The molecule has 0 bridgehead atoms. The number of rotatable bonds is 1. The number of ether oxygens (including phenoxy) is 1. The molecule has 1 aromatic rings. The highest BCUT2D eigenvalue weighted by Crippen LogP contribution is 2.33. The first kappa shape index (κ1) is 9.98. The van der Waals surface area contributed by atoms with Crippen LogP contribution in [0.2, 0.25) is 0 Å². The summed E-state index contributed by atoms with van der Waals surface area (Å²) in [5.41, 5.74) is 0.860. The van der Waals surface area contributed by atoms with Gasteiger partial charge in [-0.3, -0.25) is 0 Å². The third kappa shape index (κ3) is 1.79. The molecule has 2 rings (SSSR count). The molecule has 3 nitrogen and oxygen atoms in total. The fraction of sp³-hybridized carbons (Fsp3) is 0.222. The van der Waals surface area contributed by atoms with E-state index < -0.39 is 0 Å². The van der Waals surface area contributed by atoms with Crippen molar-refractivity contribution in [1.29, 1.82) is 0 Å². The standard InChI is InChI=1S/C9H7Br2NO2/c10-6-3-5(4-7(11)8(6)13)9-12-1-2-14-9/h3-4,13H,1-2H2. The Bertz CT molecular complexity index is 381. The molecule has 0 fully saturated rings. The number of nitrogens with zero attached hydrogens (tertiary/aromatic N) is 1. The van der Waals surface area contributed by atoms with Gasteiger partial charge in [-0.05, 0) is 44.0 Å². The van der Waals surface area contributed by atoms with Crippen molar-refractivity contribution in [1.82, 2.24) is 0 Å². The summed E-state index contributed by atoms with van der Waals surface area (Å²) in [6.45, 7) is 1.33. The number of phenolic OH excluding ortho intramolecular Hbond substituents is 1. The molecule has 1 N–H and O–H groups in total. The van der Waals surface area contributed by atoms with Gasteiger partial charge in [0.25, 0.3) is 0 Å². The lowest BCUT2D eigenvalue weighted by atomic mass is 10.2. The lowest BCUT2D eigenvalue weighted by Crippen LogP contribution is -2.00. The number of benzene rings is 1. The molecule has 1 aliphatic heterocycles. The first-order valence-electron chi connectivity index (χ1n) is 4.04. The van der Waals surface area contributed by atoms with Crippen LogP contribution in [-0.2, 0) is 4.74 Å². The van der Waals surface area contributed by atoms with E-state index in [1.165, 1.54) is 0 Å². The van der Waals surface area contributed by atoms with Crippen molar-refractivity contribution < 1.29 is 9.84 Å². The second kappa shape index (κ2) is 3.90. The van der Waals surface area contributed by atoms with Gasteiger partial charge in [-0.1, -0.05) is 0 Å². The van der Waals surface area contributed by atoms with Crippen LogP contribution in [-0.4, -0.2) is 24.2 Å². The van der Waals surface area contributed by atoms with E-state index in [1.54, 1.807) is 12.1 Å². The Labute approximate surface area is 98.1 Å². The molecule has 0 atom stereocenters. The van der Waals surface area contributed by atoms with Crippen LogP contribution < -0.4 is 0 Å². The maximum atomic E-state index is 9.50. The smallest absolute Gasteiger partial charge is 0.216 e. The molecule has 14 heavy (non-hydrogen) atoms. The number of aromatic hydroxyl groups is 1. The molecule has 5 heteroatoms. The zero-order chi connectivity index (χ0) is 10.1. The van der Waals surface area contributed by atoms with Crippen LogP contribution in [0.1, 0.15) is 5.56 Å². The van der Waals surface area contributed by atoms with Gasteiger partial charge in [0, 0.05) is 5.56 Å².